The summed E-state index contributed by atoms with van der Waals surface area (Å²) in [6.45, 7) is 0. The highest BCUT2D eigenvalue weighted by Gasteiger charge is 2.40. The SMILES string of the molecule is O=C1C(Cl)=C(NC2CCCCCCCCCCC2)C(=O)N1c1ccc(Cl)cc1Cl. The fourth-order valence-electron chi connectivity index (χ4n) is 4.02. The van der Waals surface area contributed by atoms with E-state index in [4.69, 9.17) is 34.8 Å². The first kappa shape index (κ1) is 22.5. The number of carbonyl (C=O) groups excluding carboxylic acids is 2. The first-order chi connectivity index (χ1) is 14.0. The smallest absolute Gasteiger partial charge is 0.283 e. The molecule has 158 valence electrons. The molecule has 0 saturated heterocycles. The fourth-order valence-corrected chi connectivity index (χ4v) is 4.73. The average molecular weight is 458 g/mol. The third-order valence-corrected chi connectivity index (χ3v) is 6.52. The van der Waals surface area contributed by atoms with Crippen LogP contribution in [-0.2, 0) is 9.59 Å². The van der Waals surface area contributed by atoms with Gasteiger partial charge in [-0.1, -0.05) is 92.6 Å². The van der Waals surface area contributed by atoms with Crippen molar-refractivity contribution in [2.24, 2.45) is 0 Å². The van der Waals surface area contributed by atoms with Gasteiger partial charge in [0.25, 0.3) is 11.8 Å². The van der Waals surface area contributed by atoms with Gasteiger partial charge in [0, 0.05) is 11.1 Å². The van der Waals surface area contributed by atoms with E-state index in [0.717, 1.165) is 30.6 Å². The predicted molar refractivity (Wildman–Crippen MR) is 120 cm³/mol. The molecule has 0 aromatic heterocycles. The number of nitrogens with one attached hydrogen (secondary N) is 1. The number of hydrogen-bond acceptors (Lipinski definition) is 3. The molecule has 0 unspecified atom stereocenters. The predicted octanol–water partition coefficient (Wildman–Crippen LogP) is 6.58. The van der Waals surface area contributed by atoms with Crippen LogP contribution in [0.4, 0.5) is 5.69 Å². The summed E-state index contributed by atoms with van der Waals surface area (Å²) in [6.07, 6.45) is 13.0. The molecule has 3 rings (SSSR count). The van der Waals surface area contributed by atoms with Gasteiger partial charge in [0.1, 0.15) is 10.7 Å². The number of amides is 2. The third kappa shape index (κ3) is 5.68. The lowest BCUT2D eigenvalue weighted by atomic mass is 9.98. The van der Waals surface area contributed by atoms with Crippen molar-refractivity contribution in [3.63, 3.8) is 0 Å². The minimum absolute atomic E-state index is 0.0767. The van der Waals surface area contributed by atoms with Crippen molar-refractivity contribution in [1.82, 2.24) is 5.32 Å². The standard InChI is InChI=1S/C22H27Cl3N2O2/c23-15-12-13-18(17(24)14-15)27-21(28)19(25)20(22(27)29)26-16-10-8-6-4-2-1-3-5-7-9-11-16/h12-14,16,26H,1-11H2. The van der Waals surface area contributed by atoms with Crippen LogP contribution < -0.4 is 10.2 Å². The van der Waals surface area contributed by atoms with Crippen LogP contribution in [0.2, 0.25) is 10.0 Å². The molecular weight excluding hydrogens is 431 g/mol. The lowest BCUT2D eigenvalue weighted by Crippen LogP contribution is -2.37. The van der Waals surface area contributed by atoms with Gasteiger partial charge in [-0.15, -0.1) is 0 Å². The molecule has 2 aliphatic rings. The average Bonchev–Trinajstić information content (AvgIpc) is 2.88. The molecule has 1 heterocycles. The van der Waals surface area contributed by atoms with Crippen LogP contribution in [0, 0.1) is 0 Å². The molecule has 7 heteroatoms. The van der Waals surface area contributed by atoms with Crippen LogP contribution in [0.25, 0.3) is 0 Å². The van der Waals surface area contributed by atoms with Gasteiger partial charge in [0.15, 0.2) is 0 Å². The maximum absolute atomic E-state index is 13.0. The molecule has 0 bridgehead atoms. The molecule has 2 amide bonds. The highest BCUT2D eigenvalue weighted by molar-refractivity contribution is 6.53. The Bertz CT molecular complexity index is 782. The number of imide groups is 1. The summed E-state index contributed by atoms with van der Waals surface area (Å²) < 4.78 is 0. The summed E-state index contributed by atoms with van der Waals surface area (Å²) in [5.74, 6) is -1.02. The second-order valence-electron chi connectivity index (χ2n) is 7.83. The Kier molecular flexibility index (Phi) is 8.28. The van der Waals surface area contributed by atoms with Crippen LogP contribution in [0.5, 0.6) is 0 Å². The number of halogens is 3. The lowest BCUT2D eigenvalue weighted by Gasteiger charge is -2.22. The van der Waals surface area contributed by atoms with Gasteiger partial charge in [0.2, 0.25) is 0 Å². The second-order valence-corrected chi connectivity index (χ2v) is 9.05. The van der Waals surface area contributed by atoms with Gasteiger partial charge in [-0.25, -0.2) is 4.90 Å². The molecule has 0 spiro atoms. The number of nitrogens with zero attached hydrogens (tertiary/aromatic N) is 1. The van der Waals surface area contributed by atoms with Gasteiger partial charge in [-0.3, -0.25) is 9.59 Å². The Morgan fingerprint density at radius 3 is 1.90 bits per heavy atom. The van der Waals surface area contributed by atoms with Crippen molar-refractivity contribution in [3.05, 3.63) is 39.0 Å². The molecule has 1 aromatic rings. The Balaban J connectivity index is 1.72. The molecule has 0 radical (unpaired) electrons. The lowest BCUT2D eigenvalue weighted by molar-refractivity contribution is -0.120. The van der Waals surface area contributed by atoms with Crippen molar-refractivity contribution < 1.29 is 9.59 Å². The number of carbonyl (C=O) groups is 2. The van der Waals surface area contributed by atoms with Gasteiger partial charge in [0.05, 0.1) is 10.7 Å². The van der Waals surface area contributed by atoms with E-state index in [1.165, 1.54) is 51.0 Å². The van der Waals surface area contributed by atoms with E-state index in [1.54, 1.807) is 12.1 Å². The zero-order chi connectivity index (χ0) is 20.8. The topological polar surface area (TPSA) is 49.4 Å². The Hall–Kier alpha value is -1.23. The maximum Gasteiger partial charge on any atom is 0.283 e. The molecule has 1 aliphatic heterocycles. The molecule has 1 N–H and O–H groups in total. The molecule has 1 aliphatic carbocycles. The number of hydrogen-bond donors (Lipinski definition) is 1. The zero-order valence-electron chi connectivity index (χ0n) is 16.5. The molecule has 1 fully saturated rings. The summed E-state index contributed by atoms with van der Waals surface area (Å²) in [5, 5.41) is 3.89. The Morgan fingerprint density at radius 1 is 0.793 bits per heavy atom. The third-order valence-electron chi connectivity index (χ3n) is 5.63. The van der Waals surface area contributed by atoms with Gasteiger partial charge >= 0.3 is 0 Å². The number of benzene rings is 1. The zero-order valence-corrected chi connectivity index (χ0v) is 18.8. The summed E-state index contributed by atoms with van der Waals surface area (Å²) in [4.78, 5) is 26.7. The van der Waals surface area contributed by atoms with Crippen molar-refractivity contribution in [2.45, 2.75) is 76.7 Å². The summed E-state index contributed by atoms with van der Waals surface area (Å²) >= 11 is 18.4. The number of anilines is 1. The molecule has 29 heavy (non-hydrogen) atoms. The van der Waals surface area contributed by atoms with E-state index in [2.05, 4.69) is 5.32 Å². The first-order valence-electron chi connectivity index (χ1n) is 10.5. The van der Waals surface area contributed by atoms with E-state index < -0.39 is 11.8 Å². The minimum Gasteiger partial charge on any atom is -0.376 e. The first-order valence-corrected chi connectivity index (χ1v) is 11.6. The van der Waals surface area contributed by atoms with E-state index in [9.17, 15) is 9.59 Å². The summed E-state index contributed by atoms with van der Waals surface area (Å²) in [5.41, 5.74) is 0.472. The van der Waals surface area contributed by atoms with Crippen LogP contribution >= 0.6 is 34.8 Å². The molecule has 1 aromatic carbocycles. The highest BCUT2D eigenvalue weighted by atomic mass is 35.5. The maximum atomic E-state index is 13.0. The second kappa shape index (κ2) is 10.7. The van der Waals surface area contributed by atoms with Crippen LogP contribution in [-0.4, -0.2) is 17.9 Å². The van der Waals surface area contributed by atoms with Crippen molar-refractivity contribution in [1.29, 1.82) is 0 Å². The van der Waals surface area contributed by atoms with Crippen LogP contribution in [0.15, 0.2) is 28.9 Å². The van der Waals surface area contributed by atoms with Gasteiger partial charge < -0.3 is 5.32 Å². The van der Waals surface area contributed by atoms with Gasteiger partial charge in [-0.2, -0.15) is 0 Å². The van der Waals surface area contributed by atoms with Crippen molar-refractivity contribution in [2.75, 3.05) is 4.90 Å². The van der Waals surface area contributed by atoms with Gasteiger partial charge in [-0.05, 0) is 31.0 Å². The molecule has 4 nitrogen and oxygen atoms in total. The largest absolute Gasteiger partial charge is 0.376 e. The molecule has 1 saturated carbocycles. The quantitative estimate of drug-likeness (QED) is 0.521. The Labute approximate surface area is 187 Å². The molecule has 0 atom stereocenters. The fraction of sp³-hybridized carbons (Fsp3) is 0.545. The minimum atomic E-state index is -0.559. The monoisotopic (exact) mass is 456 g/mol. The van der Waals surface area contributed by atoms with E-state index in [-0.39, 0.29) is 21.8 Å². The van der Waals surface area contributed by atoms with E-state index >= 15 is 0 Å². The highest BCUT2D eigenvalue weighted by Crippen LogP contribution is 2.35. The summed E-state index contributed by atoms with van der Waals surface area (Å²) in [7, 11) is 0. The van der Waals surface area contributed by atoms with E-state index in [1.807, 2.05) is 0 Å². The van der Waals surface area contributed by atoms with Crippen LogP contribution in [0.3, 0.4) is 0 Å². The van der Waals surface area contributed by atoms with Crippen molar-refractivity contribution >= 4 is 52.3 Å². The van der Waals surface area contributed by atoms with Crippen molar-refractivity contribution in [3.8, 4) is 0 Å². The van der Waals surface area contributed by atoms with Crippen LogP contribution in [0.1, 0.15) is 70.6 Å². The summed E-state index contributed by atoms with van der Waals surface area (Å²) in [6, 6.07) is 4.79. The van der Waals surface area contributed by atoms with E-state index in [0.29, 0.717) is 10.7 Å². The number of rotatable bonds is 3. The molecular formula is C22H27Cl3N2O2. The Morgan fingerprint density at radius 2 is 1.34 bits per heavy atom. The normalized spacial score (nSPS) is 20.6.